The zero-order valence-corrected chi connectivity index (χ0v) is 17.3. The van der Waals surface area contributed by atoms with Gasteiger partial charge in [0.1, 0.15) is 18.2 Å². The van der Waals surface area contributed by atoms with Crippen molar-refractivity contribution in [2.45, 2.75) is 5.75 Å². The van der Waals surface area contributed by atoms with Crippen molar-refractivity contribution < 1.29 is 14.6 Å². The summed E-state index contributed by atoms with van der Waals surface area (Å²) >= 11 is 13.2. The maximum Gasteiger partial charge on any atom is 0.316 e. The Hall–Kier alpha value is -2.66. The lowest BCUT2D eigenvalue weighted by Crippen LogP contribution is -2.11. The van der Waals surface area contributed by atoms with Crippen molar-refractivity contribution in [3.8, 4) is 6.07 Å². The number of fused-ring (bicyclic) bond motifs is 1. The highest BCUT2D eigenvalue weighted by Gasteiger charge is 2.15. The molecule has 1 heterocycles. The highest BCUT2D eigenvalue weighted by Crippen LogP contribution is 2.25. The maximum atomic E-state index is 11.9. The second-order valence-corrected chi connectivity index (χ2v) is 7.74. The molecule has 1 aromatic heterocycles. The van der Waals surface area contributed by atoms with Crippen LogP contribution >= 0.6 is 35.0 Å². The van der Waals surface area contributed by atoms with Crippen LogP contribution in [0.4, 0.5) is 0 Å². The average molecular weight is 448 g/mol. The Morgan fingerprint density at radius 2 is 2.03 bits per heavy atom. The summed E-state index contributed by atoms with van der Waals surface area (Å²) in [6.07, 6.45) is 0. The molecule has 0 amide bonds. The van der Waals surface area contributed by atoms with Gasteiger partial charge in [-0.3, -0.25) is 4.79 Å². The fourth-order valence-electron chi connectivity index (χ4n) is 2.47. The highest BCUT2D eigenvalue weighted by atomic mass is 35.5. The molecule has 0 spiro atoms. The Morgan fingerprint density at radius 3 is 2.76 bits per heavy atom. The summed E-state index contributed by atoms with van der Waals surface area (Å²) in [5.74, 6) is -0.0230. The molecule has 0 bridgehead atoms. The lowest BCUT2D eigenvalue weighted by molar-refractivity contribution is -0.140. The van der Waals surface area contributed by atoms with E-state index in [2.05, 4.69) is 9.97 Å². The molecule has 0 saturated heterocycles. The van der Waals surface area contributed by atoms with Crippen LogP contribution in [0.15, 0.2) is 48.2 Å². The number of nitriles is 1. The quantitative estimate of drug-likeness (QED) is 0.295. The third kappa shape index (κ3) is 5.45. The number of allylic oxidation sites excluding steroid dienone is 1. The average Bonchev–Trinajstić information content (AvgIpc) is 3.13. The maximum absolute atomic E-state index is 11.9. The van der Waals surface area contributed by atoms with Crippen LogP contribution in [0.5, 0.6) is 0 Å². The topological polar surface area (TPSA) is 99.0 Å². The lowest BCUT2D eigenvalue weighted by Gasteiger charge is -2.06. The van der Waals surface area contributed by atoms with E-state index in [1.54, 1.807) is 18.2 Å². The number of ether oxygens (including phenoxy) is 1. The standard InChI is InChI=1S/C20H15Cl2N3O3S/c21-14-6-5-12(7-15(14)22)10-29-11-19(27)28-9-18(26)13(8-23)20-24-16-3-1-2-4-17(16)25-20/h1-7,26H,9-11H2,(H,24,25)/b18-13-. The van der Waals surface area contributed by atoms with Crippen molar-refractivity contribution in [3.05, 3.63) is 69.7 Å². The van der Waals surface area contributed by atoms with E-state index in [9.17, 15) is 15.2 Å². The van der Waals surface area contributed by atoms with Crippen molar-refractivity contribution in [1.29, 1.82) is 5.26 Å². The molecule has 2 aromatic carbocycles. The Bertz CT molecular complexity index is 1090. The number of imidazole rings is 1. The molecule has 3 rings (SSSR count). The van der Waals surface area contributed by atoms with Crippen molar-refractivity contribution in [2.75, 3.05) is 12.4 Å². The minimum Gasteiger partial charge on any atom is -0.507 e. The van der Waals surface area contributed by atoms with E-state index in [1.165, 1.54) is 11.8 Å². The number of para-hydroxylation sites is 2. The van der Waals surface area contributed by atoms with E-state index in [4.69, 9.17) is 27.9 Å². The largest absolute Gasteiger partial charge is 0.507 e. The van der Waals surface area contributed by atoms with E-state index in [0.29, 0.717) is 21.3 Å². The molecular weight excluding hydrogens is 433 g/mol. The molecule has 2 N–H and O–H groups in total. The second kappa shape index (κ2) is 9.70. The predicted molar refractivity (Wildman–Crippen MR) is 115 cm³/mol. The number of carbonyl (C=O) groups is 1. The molecule has 9 heteroatoms. The molecule has 6 nitrogen and oxygen atoms in total. The van der Waals surface area contributed by atoms with Gasteiger partial charge in [-0.05, 0) is 29.8 Å². The number of benzene rings is 2. The number of carbonyl (C=O) groups excluding carboxylic acids is 1. The number of halogens is 2. The molecule has 3 aromatic rings. The summed E-state index contributed by atoms with van der Waals surface area (Å²) in [7, 11) is 0. The van der Waals surface area contributed by atoms with Crippen molar-refractivity contribution in [1.82, 2.24) is 9.97 Å². The molecule has 0 atom stereocenters. The van der Waals surface area contributed by atoms with Gasteiger partial charge in [0.05, 0.1) is 26.8 Å². The minimum absolute atomic E-state index is 0.0718. The molecule has 0 unspecified atom stereocenters. The fourth-order valence-corrected chi connectivity index (χ4v) is 3.56. The number of aliphatic hydroxyl groups excluding tert-OH is 1. The van der Waals surface area contributed by atoms with E-state index in [0.717, 1.165) is 11.1 Å². The van der Waals surface area contributed by atoms with Crippen LogP contribution < -0.4 is 0 Å². The van der Waals surface area contributed by atoms with Crippen LogP contribution in [-0.4, -0.2) is 33.4 Å². The first-order chi connectivity index (χ1) is 14.0. The molecule has 0 aliphatic carbocycles. The van der Waals surface area contributed by atoms with E-state index in [-0.39, 0.29) is 22.9 Å². The first-order valence-corrected chi connectivity index (χ1v) is 10.3. The van der Waals surface area contributed by atoms with E-state index in [1.807, 2.05) is 30.3 Å². The lowest BCUT2D eigenvalue weighted by atomic mass is 10.2. The summed E-state index contributed by atoms with van der Waals surface area (Å²) in [6.45, 7) is -0.411. The number of rotatable bonds is 7. The highest BCUT2D eigenvalue weighted by molar-refractivity contribution is 7.99. The fraction of sp³-hybridized carbons (Fsp3) is 0.150. The summed E-state index contributed by atoms with van der Waals surface area (Å²) in [5.41, 5.74) is 2.26. The number of H-pyrrole nitrogens is 1. The number of nitrogens with one attached hydrogen (secondary N) is 1. The summed E-state index contributed by atoms with van der Waals surface area (Å²) < 4.78 is 5.06. The number of hydrogen-bond acceptors (Lipinski definition) is 6. The molecule has 148 valence electrons. The van der Waals surface area contributed by atoms with E-state index >= 15 is 0 Å². The van der Waals surface area contributed by atoms with Crippen LogP contribution in [0, 0.1) is 11.3 Å². The molecule has 0 saturated carbocycles. The Kier molecular flexibility index (Phi) is 7.04. The first kappa shape index (κ1) is 21.1. The predicted octanol–water partition coefficient (Wildman–Crippen LogP) is 5.14. The van der Waals surface area contributed by atoms with Gasteiger partial charge in [-0.25, -0.2) is 4.98 Å². The number of aromatic nitrogens is 2. The summed E-state index contributed by atoms with van der Waals surface area (Å²) in [5, 5.41) is 20.5. The zero-order valence-electron chi connectivity index (χ0n) is 15.0. The first-order valence-electron chi connectivity index (χ1n) is 8.42. The summed E-state index contributed by atoms with van der Waals surface area (Å²) in [4.78, 5) is 19.1. The van der Waals surface area contributed by atoms with Gasteiger partial charge >= 0.3 is 5.97 Å². The van der Waals surface area contributed by atoms with Crippen LogP contribution in [0.1, 0.15) is 11.4 Å². The van der Waals surface area contributed by atoms with Crippen LogP contribution in [0.25, 0.3) is 16.6 Å². The van der Waals surface area contributed by atoms with Gasteiger partial charge in [0, 0.05) is 5.75 Å². The number of esters is 1. The Labute approximate surface area is 181 Å². The molecule has 0 fully saturated rings. The van der Waals surface area contributed by atoms with Crippen molar-refractivity contribution in [3.63, 3.8) is 0 Å². The smallest absolute Gasteiger partial charge is 0.316 e. The van der Waals surface area contributed by atoms with E-state index < -0.39 is 12.6 Å². The van der Waals surface area contributed by atoms with Crippen LogP contribution in [-0.2, 0) is 15.3 Å². The van der Waals surface area contributed by atoms with Crippen LogP contribution in [0.2, 0.25) is 10.0 Å². The number of aromatic amines is 1. The zero-order chi connectivity index (χ0) is 20.8. The van der Waals surface area contributed by atoms with Gasteiger partial charge in [-0.15, -0.1) is 11.8 Å². The van der Waals surface area contributed by atoms with Gasteiger partial charge in [0.15, 0.2) is 11.6 Å². The van der Waals surface area contributed by atoms with Gasteiger partial charge in [0.2, 0.25) is 0 Å². The van der Waals surface area contributed by atoms with Crippen LogP contribution in [0.3, 0.4) is 0 Å². The van der Waals surface area contributed by atoms with Gasteiger partial charge in [-0.1, -0.05) is 41.4 Å². The molecule has 29 heavy (non-hydrogen) atoms. The van der Waals surface area contributed by atoms with Gasteiger partial charge < -0.3 is 14.8 Å². The normalized spacial score (nSPS) is 11.8. The number of hydrogen-bond donors (Lipinski definition) is 2. The van der Waals surface area contributed by atoms with Crippen molar-refractivity contribution in [2.24, 2.45) is 0 Å². The van der Waals surface area contributed by atoms with Gasteiger partial charge in [-0.2, -0.15) is 5.26 Å². The Morgan fingerprint density at radius 1 is 1.24 bits per heavy atom. The molecule has 0 radical (unpaired) electrons. The second-order valence-electron chi connectivity index (χ2n) is 5.94. The number of aliphatic hydroxyl groups is 1. The number of thioether (sulfide) groups is 1. The Balaban J connectivity index is 1.55. The minimum atomic E-state index is -0.511. The molecule has 0 aliphatic rings. The summed E-state index contributed by atoms with van der Waals surface area (Å²) in [6, 6.07) is 14.4. The molecule has 0 aliphatic heterocycles. The molecular formula is C20H15Cl2N3O3S. The number of nitrogens with zero attached hydrogens (tertiary/aromatic N) is 2. The monoisotopic (exact) mass is 447 g/mol. The third-order valence-corrected chi connectivity index (χ3v) is 5.59. The third-order valence-electron chi connectivity index (χ3n) is 3.87. The SMILES string of the molecule is N#C/C(=C(/O)COC(=O)CSCc1ccc(Cl)c(Cl)c1)c1nc2ccccc2[nH]1. The van der Waals surface area contributed by atoms with Gasteiger partial charge in [0.25, 0.3) is 0 Å². The van der Waals surface area contributed by atoms with Crippen molar-refractivity contribution >= 4 is 57.5 Å².